The van der Waals surface area contributed by atoms with Gasteiger partial charge in [-0.25, -0.2) is 0 Å². The Morgan fingerprint density at radius 1 is 1.00 bits per heavy atom. The molecule has 1 aromatic carbocycles. The predicted octanol–water partition coefficient (Wildman–Crippen LogP) is 4.02. The molecule has 1 atom stereocenters. The largest absolute Gasteiger partial charge is 0.342 e. The molecule has 29 heavy (non-hydrogen) atoms. The van der Waals surface area contributed by atoms with Crippen molar-refractivity contribution in [1.82, 2.24) is 15.1 Å². The molecule has 0 radical (unpaired) electrons. The number of hydrogen-bond acceptors (Lipinski definition) is 3. The second kappa shape index (κ2) is 11.0. The molecule has 3 rings (SSSR count). The molecule has 2 aliphatic rings. The van der Waals surface area contributed by atoms with Gasteiger partial charge >= 0.3 is 0 Å². The monoisotopic (exact) mass is 419 g/mol. The summed E-state index contributed by atoms with van der Waals surface area (Å²) in [6.45, 7) is 5.61. The Balaban J connectivity index is 1.44. The predicted molar refractivity (Wildman–Crippen MR) is 117 cm³/mol. The van der Waals surface area contributed by atoms with Gasteiger partial charge in [-0.05, 0) is 49.8 Å². The minimum Gasteiger partial charge on any atom is -0.342 e. The first-order valence-electron chi connectivity index (χ1n) is 11.1. The van der Waals surface area contributed by atoms with Crippen LogP contribution in [0.4, 0.5) is 0 Å². The van der Waals surface area contributed by atoms with E-state index in [4.69, 9.17) is 11.6 Å². The summed E-state index contributed by atoms with van der Waals surface area (Å²) in [5, 5.41) is 4.11. The Morgan fingerprint density at radius 3 is 2.21 bits per heavy atom. The number of nitrogens with zero attached hydrogens (tertiary/aromatic N) is 2. The lowest BCUT2D eigenvalue weighted by molar-refractivity contribution is -0.140. The third-order valence-electron chi connectivity index (χ3n) is 6.29. The minimum atomic E-state index is 0.0857. The molecule has 1 unspecified atom stereocenters. The molecular weight excluding hydrogens is 386 g/mol. The van der Waals surface area contributed by atoms with E-state index in [1.807, 2.05) is 29.2 Å². The van der Waals surface area contributed by atoms with E-state index in [-0.39, 0.29) is 17.9 Å². The molecule has 1 aromatic rings. The molecule has 5 nitrogen and oxygen atoms in total. The van der Waals surface area contributed by atoms with Crippen molar-refractivity contribution in [1.29, 1.82) is 0 Å². The Hall–Kier alpha value is -1.59. The summed E-state index contributed by atoms with van der Waals surface area (Å²) < 4.78 is 0. The number of hydrogen-bond donors (Lipinski definition) is 1. The van der Waals surface area contributed by atoms with Gasteiger partial charge in [-0.15, -0.1) is 0 Å². The molecule has 1 N–H and O–H groups in total. The molecule has 0 spiro atoms. The van der Waals surface area contributed by atoms with Gasteiger partial charge in [0.25, 0.3) is 0 Å². The highest BCUT2D eigenvalue weighted by Gasteiger charge is 2.30. The number of piperidine rings is 1. The van der Waals surface area contributed by atoms with Gasteiger partial charge in [0.2, 0.25) is 11.8 Å². The first kappa shape index (κ1) is 22.1. The zero-order valence-corrected chi connectivity index (χ0v) is 18.3. The molecule has 2 aliphatic heterocycles. The maximum atomic E-state index is 12.8. The van der Waals surface area contributed by atoms with E-state index < -0.39 is 0 Å². The van der Waals surface area contributed by atoms with Crippen molar-refractivity contribution in [3.8, 4) is 0 Å². The normalized spacial score (nSPS) is 19.7. The van der Waals surface area contributed by atoms with Crippen molar-refractivity contribution in [3.63, 3.8) is 0 Å². The molecule has 160 valence electrons. The van der Waals surface area contributed by atoms with Gasteiger partial charge in [0, 0.05) is 43.2 Å². The number of carbonyl (C=O) groups excluding carboxylic acids is 2. The molecule has 2 fully saturated rings. The minimum absolute atomic E-state index is 0.0857. The quantitative estimate of drug-likeness (QED) is 0.757. The number of likely N-dealkylation sites (tertiary alicyclic amines) is 2. The van der Waals surface area contributed by atoms with Crippen LogP contribution < -0.4 is 5.32 Å². The summed E-state index contributed by atoms with van der Waals surface area (Å²) in [7, 11) is 0. The van der Waals surface area contributed by atoms with Gasteiger partial charge in [0.1, 0.15) is 0 Å². The maximum absolute atomic E-state index is 12.8. The molecule has 0 bridgehead atoms. The number of nitrogens with one attached hydrogen (secondary N) is 1. The number of halogens is 1. The lowest BCUT2D eigenvalue weighted by atomic mass is 9.95. The number of benzene rings is 1. The number of carbonyl (C=O) groups is 2. The fraction of sp³-hybridized carbons (Fsp3) is 0.652. The van der Waals surface area contributed by atoms with Crippen LogP contribution in [0.2, 0.25) is 5.02 Å². The maximum Gasteiger partial charge on any atom is 0.236 e. The zero-order chi connectivity index (χ0) is 20.6. The van der Waals surface area contributed by atoms with Crippen molar-refractivity contribution in [2.24, 2.45) is 5.92 Å². The Bertz CT molecular complexity index is 663. The van der Waals surface area contributed by atoms with E-state index in [0.29, 0.717) is 25.5 Å². The smallest absolute Gasteiger partial charge is 0.236 e. The molecule has 2 saturated heterocycles. The van der Waals surface area contributed by atoms with Crippen molar-refractivity contribution in [2.75, 3.05) is 32.7 Å². The van der Waals surface area contributed by atoms with Crippen LogP contribution in [0.15, 0.2) is 24.3 Å². The molecule has 6 heteroatoms. The molecule has 2 heterocycles. The van der Waals surface area contributed by atoms with Crippen LogP contribution in [0.25, 0.3) is 0 Å². The van der Waals surface area contributed by atoms with Gasteiger partial charge in [-0.3, -0.25) is 9.59 Å². The first-order chi connectivity index (χ1) is 14.1. The third kappa shape index (κ3) is 6.19. The number of rotatable bonds is 6. The van der Waals surface area contributed by atoms with Gasteiger partial charge in [-0.1, -0.05) is 43.5 Å². The standard InChI is InChI=1S/C23H34ClN3O2/c1-2-21(18-7-9-20(24)10-8-18)25-17-22(28)26-15-11-19(12-16-26)23(29)27-13-5-3-4-6-14-27/h7-10,19,21,25H,2-6,11-17H2,1H3. The Kier molecular flexibility index (Phi) is 8.37. The first-order valence-corrected chi connectivity index (χ1v) is 11.5. The van der Waals surface area contributed by atoms with E-state index in [2.05, 4.69) is 17.1 Å². The summed E-state index contributed by atoms with van der Waals surface area (Å²) in [6, 6.07) is 7.92. The Labute approximate surface area is 179 Å². The summed E-state index contributed by atoms with van der Waals surface area (Å²) in [5.41, 5.74) is 1.14. The van der Waals surface area contributed by atoms with Crippen LogP contribution >= 0.6 is 11.6 Å². The van der Waals surface area contributed by atoms with Crippen LogP contribution in [-0.4, -0.2) is 54.3 Å². The van der Waals surface area contributed by atoms with Gasteiger partial charge in [-0.2, -0.15) is 0 Å². The second-order valence-electron chi connectivity index (χ2n) is 8.29. The van der Waals surface area contributed by atoms with E-state index in [0.717, 1.165) is 55.8 Å². The molecular formula is C23H34ClN3O2. The van der Waals surface area contributed by atoms with E-state index >= 15 is 0 Å². The summed E-state index contributed by atoms with van der Waals surface area (Å²) in [5.74, 6) is 0.520. The van der Waals surface area contributed by atoms with Crippen LogP contribution in [-0.2, 0) is 9.59 Å². The molecule has 2 amide bonds. The van der Waals surface area contributed by atoms with Crippen LogP contribution in [0.1, 0.15) is 63.5 Å². The van der Waals surface area contributed by atoms with Gasteiger partial charge < -0.3 is 15.1 Å². The van der Waals surface area contributed by atoms with Gasteiger partial charge in [0.05, 0.1) is 6.54 Å². The summed E-state index contributed by atoms with van der Waals surface area (Å²) in [4.78, 5) is 29.5. The highest BCUT2D eigenvalue weighted by atomic mass is 35.5. The van der Waals surface area contributed by atoms with Crippen LogP contribution in [0, 0.1) is 5.92 Å². The molecule has 0 aliphatic carbocycles. The van der Waals surface area contributed by atoms with Gasteiger partial charge in [0.15, 0.2) is 0 Å². The average Bonchev–Trinajstić information content (AvgIpc) is 3.04. The lowest BCUT2D eigenvalue weighted by Gasteiger charge is -2.34. The van der Waals surface area contributed by atoms with Crippen LogP contribution in [0.3, 0.4) is 0 Å². The van der Waals surface area contributed by atoms with Crippen molar-refractivity contribution < 1.29 is 9.59 Å². The van der Waals surface area contributed by atoms with Crippen LogP contribution in [0.5, 0.6) is 0 Å². The SMILES string of the molecule is CCC(NCC(=O)N1CCC(C(=O)N2CCCCCC2)CC1)c1ccc(Cl)cc1. The van der Waals surface area contributed by atoms with Crippen molar-refractivity contribution >= 4 is 23.4 Å². The topological polar surface area (TPSA) is 52.7 Å². The van der Waals surface area contributed by atoms with Crippen molar-refractivity contribution in [3.05, 3.63) is 34.9 Å². The molecule has 0 aromatic heterocycles. The fourth-order valence-electron chi connectivity index (χ4n) is 4.44. The van der Waals surface area contributed by atoms with E-state index in [9.17, 15) is 9.59 Å². The number of amides is 2. The summed E-state index contributed by atoms with van der Waals surface area (Å²) >= 11 is 5.97. The Morgan fingerprint density at radius 2 is 1.62 bits per heavy atom. The zero-order valence-electron chi connectivity index (χ0n) is 17.5. The van der Waals surface area contributed by atoms with Crippen molar-refractivity contribution in [2.45, 2.75) is 57.9 Å². The summed E-state index contributed by atoms with van der Waals surface area (Å²) in [6.07, 6.45) is 7.20. The molecule has 0 saturated carbocycles. The second-order valence-corrected chi connectivity index (χ2v) is 8.72. The fourth-order valence-corrected chi connectivity index (χ4v) is 4.57. The van der Waals surface area contributed by atoms with E-state index in [1.54, 1.807) is 0 Å². The lowest BCUT2D eigenvalue weighted by Crippen LogP contribution is -2.47. The highest BCUT2D eigenvalue weighted by Crippen LogP contribution is 2.22. The van der Waals surface area contributed by atoms with E-state index in [1.165, 1.54) is 12.8 Å². The average molecular weight is 420 g/mol. The third-order valence-corrected chi connectivity index (χ3v) is 6.55. The highest BCUT2D eigenvalue weighted by molar-refractivity contribution is 6.30.